The first-order valence-electron chi connectivity index (χ1n) is 25.9. The van der Waals surface area contributed by atoms with Crippen LogP contribution >= 0.6 is 11.6 Å². The number of urea groups is 1. The molecule has 5 aliphatic rings. The number of aliphatic hydroxyl groups excluding tert-OH is 1. The Morgan fingerprint density at radius 2 is 1.71 bits per heavy atom. The lowest BCUT2D eigenvalue weighted by Crippen LogP contribution is -2.49. The highest BCUT2D eigenvalue weighted by Gasteiger charge is 2.50. The van der Waals surface area contributed by atoms with Crippen molar-refractivity contribution >= 4 is 52.2 Å². The molecule has 16 nitrogen and oxygen atoms in total. The number of rotatable bonds is 14. The molecule has 0 radical (unpaired) electrons. The average molecular weight is 1070 g/mol. The fourth-order valence-electron chi connectivity index (χ4n) is 12.2. The maximum Gasteiger partial charge on any atom is 0.329 e. The molecule has 4 aromatic carbocycles. The Morgan fingerprint density at radius 1 is 0.947 bits per heavy atom. The van der Waals surface area contributed by atoms with E-state index >= 15 is 17.6 Å². The summed E-state index contributed by atoms with van der Waals surface area (Å²) >= 11 is 6.74. The van der Waals surface area contributed by atoms with E-state index < -0.39 is 64.3 Å². The molecule has 4 aliphatic heterocycles. The van der Waals surface area contributed by atoms with Crippen LogP contribution in [0.1, 0.15) is 95.8 Å². The van der Waals surface area contributed by atoms with Crippen LogP contribution in [0.5, 0.6) is 11.5 Å². The number of hydrogen-bond acceptors (Lipinski definition) is 12. The quantitative estimate of drug-likeness (QED) is 0.0770. The highest BCUT2D eigenvalue weighted by molar-refractivity contribution is 6.34. The van der Waals surface area contributed by atoms with E-state index in [1.165, 1.54) is 33.8 Å². The SMILES string of the molecule is CC1c2c(cc(F)c(Cl)c2-c2c(C(N)=O)ccc(OCCO)c2F)OC1(CNC1CCc2nc(N3CCC(CN4CCC(c5c(F)cc6c(N7CCC(=O)NC7=O)nn(C)c6c5F)CC4)CC3)oc2C1)c1ccccc1. The molecule has 4 amide bonds. The summed E-state index contributed by atoms with van der Waals surface area (Å²) in [5.41, 5.74) is 6.28. The van der Waals surface area contributed by atoms with Crippen LogP contribution in [0.2, 0.25) is 5.02 Å². The highest BCUT2D eigenvalue weighted by Crippen LogP contribution is 2.57. The van der Waals surface area contributed by atoms with E-state index in [2.05, 4.69) is 25.5 Å². The first-order valence-corrected chi connectivity index (χ1v) is 26.3. The number of aliphatic hydroxyl groups is 1. The third-order valence-corrected chi connectivity index (χ3v) is 16.6. The number of imide groups is 1. The van der Waals surface area contributed by atoms with E-state index in [4.69, 9.17) is 36.2 Å². The van der Waals surface area contributed by atoms with Gasteiger partial charge in [0.05, 0.1) is 28.3 Å². The fourth-order valence-corrected chi connectivity index (χ4v) is 12.5. The molecule has 3 atom stereocenters. The molecule has 2 aromatic heterocycles. The molecule has 5 N–H and O–H groups in total. The number of nitrogens with two attached hydrogens (primary N) is 1. The number of carbonyl (C=O) groups excluding carboxylic acids is 3. The summed E-state index contributed by atoms with van der Waals surface area (Å²) in [4.78, 5) is 47.9. The van der Waals surface area contributed by atoms with Crippen LogP contribution < -0.4 is 35.6 Å². The number of nitrogens with zero attached hydrogens (tertiary/aromatic N) is 6. The molecular weight excluding hydrogens is 1010 g/mol. The van der Waals surface area contributed by atoms with Gasteiger partial charge in [0.25, 0.3) is 6.01 Å². The molecule has 3 fully saturated rings. The summed E-state index contributed by atoms with van der Waals surface area (Å²) in [5, 5.41) is 19.5. The van der Waals surface area contributed by atoms with Crippen molar-refractivity contribution in [1.29, 1.82) is 0 Å². The minimum Gasteiger partial charge on any atom is -0.488 e. The summed E-state index contributed by atoms with van der Waals surface area (Å²) in [5.74, 6) is -4.23. The highest BCUT2D eigenvalue weighted by atomic mass is 35.5. The van der Waals surface area contributed by atoms with Crippen molar-refractivity contribution in [3.63, 3.8) is 0 Å². The van der Waals surface area contributed by atoms with Gasteiger partial charge in [-0.1, -0.05) is 48.9 Å². The molecule has 1 aliphatic carbocycles. The Labute approximate surface area is 440 Å². The van der Waals surface area contributed by atoms with Gasteiger partial charge >= 0.3 is 6.03 Å². The maximum absolute atomic E-state index is 16.5. The van der Waals surface area contributed by atoms with Crippen molar-refractivity contribution in [2.24, 2.45) is 18.7 Å². The second-order valence-corrected chi connectivity index (χ2v) is 21.0. The first-order chi connectivity index (χ1) is 36.6. The van der Waals surface area contributed by atoms with Gasteiger partial charge in [0.1, 0.15) is 35.3 Å². The van der Waals surface area contributed by atoms with Crippen LogP contribution in [0.4, 0.5) is 34.2 Å². The summed E-state index contributed by atoms with van der Waals surface area (Å²) in [6, 6.07) is 14.4. The second kappa shape index (κ2) is 20.7. The number of benzene rings is 4. The smallest absolute Gasteiger partial charge is 0.329 e. The number of likely N-dealkylation sites (tertiary alicyclic amines) is 1. The number of halogens is 5. The van der Waals surface area contributed by atoms with Gasteiger partial charge in [-0.3, -0.25) is 24.5 Å². The van der Waals surface area contributed by atoms with Crippen LogP contribution in [0.3, 0.4) is 0 Å². The van der Waals surface area contributed by atoms with Gasteiger partial charge in [-0.2, -0.15) is 10.1 Å². The molecule has 3 unspecified atom stereocenters. The number of fused-ring (bicyclic) bond motifs is 3. The minimum absolute atomic E-state index is 0.0490. The number of ether oxygens (including phenoxy) is 2. The second-order valence-electron chi connectivity index (χ2n) is 20.7. The number of anilines is 2. The zero-order valence-electron chi connectivity index (χ0n) is 42.1. The molecule has 0 spiro atoms. The molecule has 400 valence electrons. The van der Waals surface area contributed by atoms with E-state index in [0.29, 0.717) is 56.3 Å². The number of carbonyl (C=O) groups is 3. The third kappa shape index (κ3) is 9.19. The number of aryl methyl sites for hydroxylation is 2. The Bertz CT molecular complexity index is 3250. The van der Waals surface area contributed by atoms with Gasteiger partial charge in [-0.15, -0.1) is 0 Å². The van der Waals surface area contributed by atoms with E-state index in [-0.39, 0.29) is 88.6 Å². The van der Waals surface area contributed by atoms with Gasteiger partial charge < -0.3 is 39.8 Å². The van der Waals surface area contributed by atoms with Crippen LogP contribution in [0.25, 0.3) is 22.0 Å². The Hall–Kier alpha value is -6.74. The van der Waals surface area contributed by atoms with Crippen molar-refractivity contribution in [2.75, 3.05) is 68.8 Å². The predicted octanol–water partition coefficient (Wildman–Crippen LogP) is 7.99. The molecule has 11 rings (SSSR count). The van der Waals surface area contributed by atoms with E-state index in [1.807, 2.05) is 37.3 Å². The summed E-state index contributed by atoms with van der Waals surface area (Å²) in [6.45, 7) is 5.43. The van der Waals surface area contributed by atoms with Crippen LogP contribution in [0, 0.1) is 29.2 Å². The van der Waals surface area contributed by atoms with Gasteiger partial charge in [0.15, 0.2) is 28.8 Å². The largest absolute Gasteiger partial charge is 0.488 e. The van der Waals surface area contributed by atoms with Crippen molar-refractivity contribution in [3.8, 4) is 22.6 Å². The van der Waals surface area contributed by atoms with Gasteiger partial charge in [-0.05, 0) is 87.2 Å². The van der Waals surface area contributed by atoms with Crippen LogP contribution in [0.15, 0.2) is 59.0 Å². The minimum atomic E-state index is -1.15. The van der Waals surface area contributed by atoms with Crippen molar-refractivity contribution in [2.45, 2.75) is 81.8 Å². The number of piperidine rings is 2. The maximum atomic E-state index is 16.5. The van der Waals surface area contributed by atoms with Crippen LogP contribution in [-0.2, 0) is 30.3 Å². The zero-order valence-corrected chi connectivity index (χ0v) is 42.8. The summed E-state index contributed by atoms with van der Waals surface area (Å²) in [7, 11) is 1.57. The third-order valence-electron chi connectivity index (χ3n) is 16.2. The lowest BCUT2D eigenvalue weighted by Gasteiger charge is -2.37. The molecular formula is C55H58ClF4N9O7. The fraction of sp³-hybridized carbons (Fsp3) is 0.436. The van der Waals surface area contributed by atoms with E-state index in [0.717, 1.165) is 55.9 Å². The Kier molecular flexibility index (Phi) is 14.0. The van der Waals surface area contributed by atoms with Gasteiger partial charge in [-0.25, -0.2) is 22.4 Å². The zero-order chi connectivity index (χ0) is 53.2. The normalized spacial score (nSPS) is 21.5. The number of oxazole rings is 1. The Balaban J connectivity index is 0.727. The van der Waals surface area contributed by atoms with Crippen molar-refractivity contribution in [1.82, 2.24) is 30.3 Å². The number of nitrogens with one attached hydrogen (secondary N) is 2. The molecule has 0 saturated carbocycles. The standard InChI is InChI=1S/C55H58ClF4N9O7/c1-29-43-41(26-37(58)47(56)46(43)45-34(51(61)72)9-11-39(48(45)59)74-23-22-70)76-55(29,32-6-4-3-5-7-32)28-62-33-8-10-38-40(24-33)75-54(63-38)68-19-12-30(13-20-68)27-67-17-14-31(15-18-67)44-36(57)25-35-50(49(44)60)66(2)65-52(35)69-21-16-42(71)64-53(69)73/h3-7,9,11,25-26,29-31,33,62,70H,8,10,12-24,27-28H2,1-2H3,(H2,61,72)(H,64,71,73). The lowest BCUT2D eigenvalue weighted by atomic mass is 9.77. The predicted molar refractivity (Wildman–Crippen MR) is 275 cm³/mol. The average Bonchev–Trinajstić information content (AvgIpc) is 4.18. The number of primary amides is 1. The molecule has 3 saturated heterocycles. The number of hydrogen-bond donors (Lipinski definition) is 4. The Morgan fingerprint density at radius 3 is 2.43 bits per heavy atom. The first kappa shape index (κ1) is 51.4. The van der Waals surface area contributed by atoms with Crippen molar-refractivity contribution in [3.05, 3.63) is 117 Å². The topological polar surface area (TPSA) is 194 Å². The number of amides is 4. The number of aromatic nitrogens is 3. The summed E-state index contributed by atoms with van der Waals surface area (Å²) < 4.78 is 84.7. The molecule has 21 heteroatoms. The van der Waals surface area contributed by atoms with Crippen molar-refractivity contribution < 1.29 is 50.9 Å². The molecule has 0 bridgehead atoms. The molecule has 6 aromatic rings. The van der Waals surface area contributed by atoms with E-state index in [9.17, 15) is 19.5 Å². The summed E-state index contributed by atoms with van der Waals surface area (Å²) in [6.07, 6.45) is 5.11. The van der Waals surface area contributed by atoms with Gasteiger partial charge in [0.2, 0.25) is 11.8 Å². The van der Waals surface area contributed by atoms with Crippen LogP contribution in [-0.4, -0.2) is 108 Å². The molecule has 6 heterocycles. The van der Waals surface area contributed by atoms with E-state index in [1.54, 1.807) is 7.05 Å². The monoisotopic (exact) mass is 1070 g/mol. The molecule has 76 heavy (non-hydrogen) atoms. The lowest BCUT2D eigenvalue weighted by molar-refractivity contribution is -0.120. The van der Waals surface area contributed by atoms with Gasteiger partial charge in [0, 0.05) is 92.9 Å².